The Labute approximate surface area is 86.3 Å². The molecule has 0 heterocycles. The third-order valence-electron chi connectivity index (χ3n) is 3.24. The monoisotopic (exact) mass is 196 g/mol. The minimum absolute atomic E-state index is 0.0752. The van der Waals surface area contributed by atoms with Crippen molar-refractivity contribution in [2.45, 2.75) is 44.9 Å². The Kier molecular flexibility index (Phi) is 4.18. The molecular formula is C12H20O2. The highest BCUT2D eigenvalue weighted by molar-refractivity contribution is 5.70. The van der Waals surface area contributed by atoms with Crippen LogP contribution in [0.5, 0.6) is 0 Å². The van der Waals surface area contributed by atoms with Crippen LogP contribution in [0.15, 0.2) is 12.7 Å². The molecule has 2 heteroatoms. The SMILES string of the molecule is C=CCC1(CC(=O)OC)CCCCC1. The molecule has 0 spiro atoms. The van der Waals surface area contributed by atoms with Gasteiger partial charge in [0.25, 0.3) is 0 Å². The van der Waals surface area contributed by atoms with E-state index in [0.29, 0.717) is 6.42 Å². The number of carbonyl (C=O) groups is 1. The summed E-state index contributed by atoms with van der Waals surface area (Å²) >= 11 is 0. The number of hydrogen-bond acceptors (Lipinski definition) is 2. The quantitative estimate of drug-likeness (QED) is 0.510. The molecule has 1 fully saturated rings. The summed E-state index contributed by atoms with van der Waals surface area (Å²) in [5.74, 6) is -0.0752. The van der Waals surface area contributed by atoms with Crippen LogP contribution in [0.1, 0.15) is 44.9 Å². The molecular weight excluding hydrogens is 176 g/mol. The smallest absolute Gasteiger partial charge is 0.306 e. The molecule has 0 aromatic heterocycles. The summed E-state index contributed by atoms with van der Waals surface area (Å²) in [6.07, 6.45) is 9.53. The molecule has 0 radical (unpaired) electrons. The molecule has 0 aromatic carbocycles. The molecule has 1 aliphatic carbocycles. The van der Waals surface area contributed by atoms with Gasteiger partial charge in [0.1, 0.15) is 0 Å². The first-order valence-electron chi connectivity index (χ1n) is 5.40. The fourth-order valence-corrected chi connectivity index (χ4v) is 2.44. The molecule has 0 saturated heterocycles. The molecule has 0 N–H and O–H groups in total. The Bertz CT molecular complexity index is 202. The van der Waals surface area contributed by atoms with Crippen LogP contribution >= 0.6 is 0 Å². The van der Waals surface area contributed by atoms with Gasteiger partial charge < -0.3 is 4.74 Å². The highest BCUT2D eigenvalue weighted by atomic mass is 16.5. The van der Waals surface area contributed by atoms with Crippen LogP contribution in [0.4, 0.5) is 0 Å². The molecule has 14 heavy (non-hydrogen) atoms. The highest BCUT2D eigenvalue weighted by Crippen LogP contribution is 2.42. The number of carbonyl (C=O) groups excluding carboxylic acids is 1. The van der Waals surface area contributed by atoms with Crippen molar-refractivity contribution in [2.75, 3.05) is 7.11 Å². The maximum absolute atomic E-state index is 11.3. The summed E-state index contributed by atoms with van der Waals surface area (Å²) in [5.41, 5.74) is 0.160. The number of esters is 1. The summed E-state index contributed by atoms with van der Waals surface area (Å²) in [5, 5.41) is 0. The zero-order chi connectivity index (χ0) is 10.4. The van der Waals surface area contributed by atoms with Crippen molar-refractivity contribution >= 4 is 5.97 Å². The molecule has 1 rings (SSSR count). The van der Waals surface area contributed by atoms with Crippen molar-refractivity contribution in [1.82, 2.24) is 0 Å². The van der Waals surface area contributed by atoms with Gasteiger partial charge in [0.2, 0.25) is 0 Å². The average molecular weight is 196 g/mol. The van der Waals surface area contributed by atoms with Crippen LogP contribution < -0.4 is 0 Å². The van der Waals surface area contributed by atoms with E-state index >= 15 is 0 Å². The van der Waals surface area contributed by atoms with E-state index in [1.807, 2.05) is 6.08 Å². The normalized spacial score (nSPS) is 20.1. The lowest BCUT2D eigenvalue weighted by Crippen LogP contribution is -2.27. The van der Waals surface area contributed by atoms with Crippen LogP contribution in [-0.4, -0.2) is 13.1 Å². The van der Waals surface area contributed by atoms with E-state index < -0.39 is 0 Å². The van der Waals surface area contributed by atoms with E-state index in [9.17, 15) is 4.79 Å². The number of methoxy groups -OCH3 is 1. The lowest BCUT2D eigenvalue weighted by Gasteiger charge is -2.35. The van der Waals surface area contributed by atoms with Gasteiger partial charge in [-0.3, -0.25) is 4.79 Å². The Morgan fingerprint density at radius 1 is 1.43 bits per heavy atom. The van der Waals surface area contributed by atoms with Crippen LogP contribution in [0, 0.1) is 5.41 Å². The first-order chi connectivity index (χ1) is 6.72. The first-order valence-corrected chi connectivity index (χ1v) is 5.40. The third kappa shape index (κ3) is 2.86. The minimum atomic E-state index is -0.0752. The fourth-order valence-electron chi connectivity index (χ4n) is 2.44. The van der Waals surface area contributed by atoms with Gasteiger partial charge in [-0.2, -0.15) is 0 Å². The number of allylic oxidation sites excluding steroid dienone is 1. The molecule has 0 unspecified atom stereocenters. The zero-order valence-corrected chi connectivity index (χ0v) is 9.05. The van der Waals surface area contributed by atoms with E-state index in [0.717, 1.165) is 19.3 Å². The molecule has 0 amide bonds. The van der Waals surface area contributed by atoms with E-state index in [1.165, 1.54) is 26.4 Å². The lowest BCUT2D eigenvalue weighted by atomic mass is 9.70. The van der Waals surface area contributed by atoms with Gasteiger partial charge >= 0.3 is 5.97 Å². The third-order valence-corrected chi connectivity index (χ3v) is 3.24. The molecule has 0 atom stereocenters. The standard InChI is InChI=1S/C12H20O2/c1-3-7-12(10-11(13)14-2)8-5-4-6-9-12/h3H,1,4-10H2,2H3. The molecule has 0 aromatic rings. The van der Waals surface area contributed by atoms with E-state index in [-0.39, 0.29) is 11.4 Å². The van der Waals surface area contributed by atoms with Crippen molar-refractivity contribution in [1.29, 1.82) is 0 Å². The minimum Gasteiger partial charge on any atom is -0.469 e. The Morgan fingerprint density at radius 2 is 2.07 bits per heavy atom. The van der Waals surface area contributed by atoms with Crippen molar-refractivity contribution in [3.05, 3.63) is 12.7 Å². The maximum atomic E-state index is 11.3. The predicted octanol–water partition coefficient (Wildman–Crippen LogP) is 3.08. The summed E-state index contributed by atoms with van der Waals surface area (Å²) in [7, 11) is 1.47. The molecule has 1 aliphatic rings. The highest BCUT2D eigenvalue weighted by Gasteiger charge is 2.33. The van der Waals surface area contributed by atoms with Crippen molar-refractivity contribution in [2.24, 2.45) is 5.41 Å². The lowest BCUT2D eigenvalue weighted by molar-refractivity contribution is -0.144. The van der Waals surface area contributed by atoms with Gasteiger partial charge in [-0.1, -0.05) is 25.3 Å². The Hall–Kier alpha value is -0.790. The zero-order valence-electron chi connectivity index (χ0n) is 9.05. The van der Waals surface area contributed by atoms with Gasteiger partial charge in [0.15, 0.2) is 0 Å². The van der Waals surface area contributed by atoms with Crippen LogP contribution in [-0.2, 0) is 9.53 Å². The molecule has 0 aliphatic heterocycles. The Morgan fingerprint density at radius 3 is 2.57 bits per heavy atom. The predicted molar refractivity (Wildman–Crippen MR) is 57.0 cm³/mol. The second-order valence-electron chi connectivity index (χ2n) is 4.31. The topological polar surface area (TPSA) is 26.3 Å². The van der Waals surface area contributed by atoms with Crippen LogP contribution in [0.25, 0.3) is 0 Å². The van der Waals surface area contributed by atoms with Gasteiger partial charge in [0, 0.05) is 0 Å². The molecule has 0 bridgehead atoms. The van der Waals surface area contributed by atoms with E-state index in [2.05, 4.69) is 6.58 Å². The van der Waals surface area contributed by atoms with Crippen molar-refractivity contribution in [3.8, 4) is 0 Å². The average Bonchev–Trinajstić information content (AvgIpc) is 2.19. The first kappa shape index (κ1) is 11.3. The van der Waals surface area contributed by atoms with E-state index in [1.54, 1.807) is 0 Å². The van der Waals surface area contributed by atoms with E-state index in [4.69, 9.17) is 4.74 Å². The van der Waals surface area contributed by atoms with Crippen molar-refractivity contribution in [3.63, 3.8) is 0 Å². The largest absolute Gasteiger partial charge is 0.469 e. The van der Waals surface area contributed by atoms with Crippen molar-refractivity contribution < 1.29 is 9.53 Å². The van der Waals surface area contributed by atoms with Gasteiger partial charge in [-0.25, -0.2) is 0 Å². The van der Waals surface area contributed by atoms with Gasteiger partial charge in [-0.05, 0) is 24.7 Å². The fraction of sp³-hybridized carbons (Fsp3) is 0.750. The number of hydrogen-bond donors (Lipinski definition) is 0. The second-order valence-corrected chi connectivity index (χ2v) is 4.31. The summed E-state index contributed by atoms with van der Waals surface area (Å²) in [4.78, 5) is 11.3. The molecule has 80 valence electrons. The number of rotatable bonds is 4. The van der Waals surface area contributed by atoms with Gasteiger partial charge in [-0.15, -0.1) is 6.58 Å². The molecule has 2 nitrogen and oxygen atoms in total. The summed E-state index contributed by atoms with van der Waals surface area (Å²) in [6, 6.07) is 0. The van der Waals surface area contributed by atoms with Crippen LogP contribution in [0.3, 0.4) is 0 Å². The maximum Gasteiger partial charge on any atom is 0.306 e. The van der Waals surface area contributed by atoms with Gasteiger partial charge in [0.05, 0.1) is 13.5 Å². The van der Waals surface area contributed by atoms with Crippen LogP contribution in [0.2, 0.25) is 0 Å². The number of ether oxygens (including phenoxy) is 1. The second kappa shape index (κ2) is 5.18. The molecule has 1 saturated carbocycles. The summed E-state index contributed by atoms with van der Waals surface area (Å²) in [6.45, 7) is 3.78. The Balaban J connectivity index is 2.59. The summed E-state index contributed by atoms with van der Waals surface area (Å²) < 4.78 is 4.75.